The number of hydrogen-bond donors (Lipinski definition) is 0. The summed E-state index contributed by atoms with van der Waals surface area (Å²) in [5.41, 5.74) is 13.3. The molecule has 0 unspecified atom stereocenters. The van der Waals surface area contributed by atoms with E-state index in [0.29, 0.717) is 5.89 Å². The SMILES string of the molecule is CC1(C)c2ccccc2-c2ccc(N(c3ccc4ccccc4c3)c3ccc4nc(-c5ccc(-c6ccccc6)cc5)oc4c3)cc21. The fourth-order valence-electron chi connectivity index (χ4n) is 7.21. The summed E-state index contributed by atoms with van der Waals surface area (Å²) in [5, 5.41) is 2.42. The van der Waals surface area contributed by atoms with Gasteiger partial charge in [0, 0.05) is 34.1 Å². The van der Waals surface area contributed by atoms with E-state index in [1.807, 2.05) is 6.07 Å². The van der Waals surface area contributed by atoms with Crippen LogP contribution in [-0.4, -0.2) is 4.98 Å². The van der Waals surface area contributed by atoms with Gasteiger partial charge in [-0.15, -0.1) is 0 Å². The molecule has 47 heavy (non-hydrogen) atoms. The van der Waals surface area contributed by atoms with Crippen molar-refractivity contribution < 1.29 is 4.42 Å². The van der Waals surface area contributed by atoms with E-state index in [0.717, 1.165) is 33.7 Å². The molecule has 1 aliphatic carbocycles. The fourth-order valence-corrected chi connectivity index (χ4v) is 7.21. The minimum Gasteiger partial charge on any atom is -0.436 e. The molecule has 3 heteroatoms. The standard InChI is InChI=1S/C44H32N2O/c1-44(2)39-15-9-8-14-37(39)38-24-22-35(27-40(38)44)46(34-21-20-30-12-6-7-13-33(30)26-34)36-23-25-41-42(28-36)47-43(45-41)32-18-16-31(17-19-32)29-10-4-3-5-11-29/h3-28H,1-2H3. The predicted molar refractivity (Wildman–Crippen MR) is 195 cm³/mol. The third kappa shape index (κ3) is 4.54. The van der Waals surface area contributed by atoms with Gasteiger partial charge in [0.05, 0.1) is 0 Å². The zero-order chi connectivity index (χ0) is 31.5. The first-order valence-corrected chi connectivity index (χ1v) is 16.1. The van der Waals surface area contributed by atoms with Crippen LogP contribution in [0, 0.1) is 0 Å². The normalized spacial score (nSPS) is 13.1. The van der Waals surface area contributed by atoms with Gasteiger partial charge in [-0.3, -0.25) is 0 Å². The number of fused-ring (bicyclic) bond motifs is 5. The summed E-state index contributed by atoms with van der Waals surface area (Å²) in [4.78, 5) is 7.21. The number of hydrogen-bond acceptors (Lipinski definition) is 3. The van der Waals surface area contributed by atoms with Crippen LogP contribution in [0.3, 0.4) is 0 Å². The third-order valence-corrected chi connectivity index (χ3v) is 9.69. The first-order valence-electron chi connectivity index (χ1n) is 16.1. The number of anilines is 3. The second kappa shape index (κ2) is 10.6. The molecule has 0 amide bonds. The second-order valence-electron chi connectivity index (χ2n) is 12.9. The number of aromatic nitrogens is 1. The van der Waals surface area contributed by atoms with Gasteiger partial charge < -0.3 is 9.32 Å². The minimum atomic E-state index is -0.100. The van der Waals surface area contributed by atoms with Crippen LogP contribution in [0.4, 0.5) is 17.1 Å². The van der Waals surface area contributed by atoms with Crippen LogP contribution in [0.15, 0.2) is 162 Å². The highest BCUT2D eigenvalue weighted by molar-refractivity contribution is 5.92. The summed E-state index contributed by atoms with van der Waals surface area (Å²) >= 11 is 0. The summed E-state index contributed by atoms with van der Waals surface area (Å²) < 4.78 is 6.44. The maximum atomic E-state index is 6.44. The Kier molecular flexibility index (Phi) is 6.16. The lowest BCUT2D eigenvalue weighted by Gasteiger charge is -2.28. The molecular formula is C44H32N2O. The van der Waals surface area contributed by atoms with Crippen molar-refractivity contribution in [2.45, 2.75) is 19.3 Å². The van der Waals surface area contributed by atoms with E-state index in [-0.39, 0.29) is 5.41 Å². The lowest BCUT2D eigenvalue weighted by atomic mass is 9.82. The summed E-state index contributed by atoms with van der Waals surface area (Å²) in [6.07, 6.45) is 0. The number of oxazole rings is 1. The zero-order valence-corrected chi connectivity index (χ0v) is 26.3. The molecule has 1 aliphatic rings. The van der Waals surface area contributed by atoms with Crippen molar-refractivity contribution >= 4 is 38.9 Å². The van der Waals surface area contributed by atoms with Gasteiger partial charge in [-0.25, -0.2) is 4.98 Å². The molecule has 9 rings (SSSR count). The molecule has 0 bridgehead atoms. The van der Waals surface area contributed by atoms with Crippen molar-refractivity contribution in [3.63, 3.8) is 0 Å². The molecule has 0 radical (unpaired) electrons. The van der Waals surface area contributed by atoms with Crippen molar-refractivity contribution in [1.29, 1.82) is 0 Å². The smallest absolute Gasteiger partial charge is 0.227 e. The first-order chi connectivity index (χ1) is 23.0. The highest BCUT2D eigenvalue weighted by Gasteiger charge is 2.35. The average Bonchev–Trinajstić information content (AvgIpc) is 3.65. The highest BCUT2D eigenvalue weighted by atomic mass is 16.3. The maximum Gasteiger partial charge on any atom is 0.227 e. The van der Waals surface area contributed by atoms with E-state index in [9.17, 15) is 0 Å². The molecule has 7 aromatic carbocycles. The van der Waals surface area contributed by atoms with E-state index in [1.54, 1.807) is 0 Å². The maximum absolute atomic E-state index is 6.44. The van der Waals surface area contributed by atoms with E-state index >= 15 is 0 Å². The summed E-state index contributed by atoms with van der Waals surface area (Å²) in [6.45, 7) is 4.66. The Morgan fingerprint density at radius 1 is 0.489 bits per heavy atom. The quantitative estimate of drug-likeness (QED) is 0.196. The monoisotopic (exact) mass is 604 g/mol. The van der Waals surface area contributed by atoms with E-state index in [1.165, 1.54) is 44.2 Å². The molecule has 0 fully saturated rings. The largest absolute Gasteiger partial charge is 0.436 e. The van der Waals surface area contributed by atoms with Crippen LogP contribution in [-0.2, 0) is 5.41 Å². The van der Waals surface area contributed by atoms with Crippen LogP contribution < -0.4 is 4.90 Å². The Hall–Kier alpha value is -5.93. The molecule has 0 saturated carbocycles. The van der Waals surface area contributed by atoms with Crippen molar-refractivity contribution in [1.82, 2.24) is 4.98 Å². The Balaban J connectivity index is 1.15. The number of benzene rings is 7. The number of nitrogens with zero attached hydrogens (tertiary/aromatic N) is 2. The van der Waals surface area contributed by atoms with E-state index < -0.39 is 0 Å². The summed E-state index contributed by atoms with van der Waals surface area (Å²) in [6, 6.07) is 56.1. The predicted octanol–water partition coefficient (Wildman–Crippen LogP) is 12.1. The Morgan fingerprint density at radius 2 is 1.11 bits per heavy atom. The molecule has 0 aliphatic heterocycles. The minimum absolute atomic E-state index is 0.100. The van der Waals surface area contributed by atoms with Gasteiger partial charge in [-0.1, -0.05) is 117 Å². The molecule has 0 saturated heterocycles. The molecule has 3 nitrogen and oxygen atoms in total. The zero-order valence-electron chi connectivity index (χ0n) is 26.3. The first kappa shape index (κ1) is 27.4. The lowest BCUT2D eigenvalue weighted by molar-refractivity contribution is 0.620. The van der Waals surface area contributed by atoms with Crippen molar-refractivity contribution in [3.8, 4) is 33.7 Å². The molecule has 0 N–H and O–H groups in total. The van der Waals surface area contributed by atoms with Crippen molar-refractivity contribution in [3.05, 3.63) is 169 Å². The topological polar surface area (TPSA) is 29.3 Å². The molecule has 224 valence electrons. The van der Waals surface area contributed by atoms with E-state index in [2.05, 4.69) is 170 Å². The lowest BCUT2D eigenvalue weighted by Crippen LogP contribution is -2.16. The van der Waals surface area contributed by atoms with Crippen LogP contribution in [0.5, 0.6) is 0 Å². The van der Waals surface area contributed by atoms with Gasteiger partial charge in [0.1, 0.15) is 5.52 Å². The Labute approximate surface area is 274 Å². The van der Waals surface area contributed by atoms with Crippen molar-refractivity contribution in [2.24, 2.45) is 0 Å². The summed E-state index contributed by atoms with van der Waals surface area (Å²) in [5.74, 6) is 0.617. The Morgan fingerprint density at radius 3 is 1.96 bits per heavy atom. The van der Waals surface area contributed by atoms with Crippen LogP contribution in [0.1, 0.15) is 25.0 Å². The second-order valence-corrected chi connectivity index (χ2v) is 12.9. The van der Waals surface area contributed by atoms with E-state index in [4.69, 9.17) is 9.40 Å². The van der Waals surface area contributed by atoms with Gasteiger partial charge in [-0.2, -0.15) is 0 Å². The average molecular weight is 605 g/mol. The highest BCUT2D eigenvalue weighted by Crippen LogP contribution is 2.50. The van der Waals surface area contributed by atoms with Crippen LogP contribution in [0.2, 0.25) is 0 Å². The Bertz CT molecular complexity index is 2440. The third-order valence-electron chi connectivity index (χ3n) is 9.69. The van der Waals surface area contributed by atoms with Crippen LogP contribution in [0.25, 0.3) is 55.6 Å². The van der Waals surface area contributed by atoms with Gasteiger partial charge in [0.25, 0.3) is 0 Å². The van der Waals surface area contributed by atoms with Gasteiger partial charge in [-0.05, 0) is 92.7 Å². The molecule has 8 aromatic rings. The molecule has 0 atom stereocenters. The molecule has 0 spiro atoms. The molecule has 1 aromatic heterocycles. The van der Waals surface area contributed by atoms with Gasteiger partial charge in [0.2, 0.25) is 5.89 Å². The van der Waals surface area contributed by atoms with Gasteiger partial charge in [0.15, 0.2) is 5.58 Å². The van der Waals surface area contributed by atoms with Crippen molar-refractivity contribution in [2.75, 3.05) is 4.90 Å². The molecular weight excluding hydrogens is 572 g/mol. The molecule has 1 heterocycles. The number of rotatable bonds is 5. The van der Waals surface area contributed by atoms with Gasteiger partial charge >= 0.3 is 0 Å². The summed E-state index contributed by atoms with van der Waals surface area (Å²) in [7, 11) is 0. The fraction of sp³-hybridized carbons (Fsp3) is 0.0682. The van der Waals surface area contributed by atoms with Crippen LogP contribution >= 0.6 is 0 Å².